The maximum Gasteiger partial charge on any atom is 0.263 e. The number of nitrogens with zero attached hydrogens (tertiary/aromatic N) is 2. The summed E-state index contributed by atoms with van der Waals surface area (Å²) in [5, 5.41) is 2.75. The van der Waals surface area contributed by atoms with E-state index < -0.39 is 21.7 Å². The lowest BCUT2D eigenvalue weighted by Gasteiger charge is -2.09. The van der Waals surface area contributed by atoms with Crippen molar-refractivity contribution in [2.45, 2.75) is 18.7 Å². The number of nitrogens with one attached hydrogen (secondary N) is 2. The molecule has 2 aromatic carbocycles. The molecule has 0 aliphatic heterocycles. The predicted octanol–water partition coefficient (Wildman–Crippen LogP) is 4.34. The lowest BCUT2D eigenvalue weighted by atomic mass is 10.2. The van der Waals surface area contributed by atoms with E-state index in [1.165, 1.54) is 54.6 Å². The Morgan fingerprint density at radius 1 is 1.10 bits per heavy atom. The number of hydrogen-bond donors (Lipinski definition) is 2. The fraction of sp³-hybridized carbons (Fsp3) is 0.0952. The maximum atomic E-state index is 13.7. The van der Waals surface area contributed by atoms with Crippen molar-refractivity contribution in [1.29, 1.82) is 0 Å². The number of carbonyl (C=O) groups excluding carboxylic acids is 1. The fourth-order valence-corrected chi connectivity index (χ4v) is 3.91. The van der Waals surface area contributed by atoms with Crippen molar-refractivity contribution in [2.75, 3.05) is 10.0 Å². The van der Waals surface area contributed by atoms with Crippen molar-refractivity contribution in [3.8, 4) is 0 Å². The van der Waals surface area contributed by atoms with Gasteiger partial charge < -0.3 is 5.32 Å². The molecule has 0 unspecified atom stereocenters. The van der Waals surface area contributed by atoms with Crippen molar-refractivity contribution >= 4 is 45.1 Å². The van der Waals surface area contributed by atoms with Crippen molar-refractivity contribution in [3.05, 3.63) is 82.5 Å². The summed E-state index contributed by atoms with van der Waals surface area (Å²) in [6, 6.07) is 11.3. The van der Waals surface area contributed by atoms with E-state index in [0.29, 0.717) is 17.2 Å². The summed E-state index contributed by atoms with van der Waals surface area (Å²) in [5.74, 6) is -0.465. The number of anilines is 2. The van der Waals surface area contributed by atoms with Crippen molar-refractivity contribution in [1.82, 2.24) is 9.97 Å². The Labute approximate surface area is 184 Å². The van der Waals surface area contributed by atoms with Gasteiger partial charge in [-0.25, -0.2) is 22.8 Å². The Morgan fingerprint density at radius 2 is 1.81 bits per heavy atom. The molecule has 0 atom stereocenters. The van der Waals surface area contributed by atoms with Crippen LogP contribution in [0.5, 0.6) is 0 Å². The van der Waals surface area contributed by atoms with Crippen LogP contribution in [0.2, 0.25) is 5.02 Å². The Bertz CT molecular complexity index is 1220. The zero-order valence-corrected chi connectivity index (χ0v) is 18.1. The average Bonchev–Trinajstić information content (AvgIpc) is 2.67. The molecule has 2 N–H and O–H groups in total. The third-order valence-electron chi connectivity index (χ3n) is 4.04. The maximum absolute atomic E-state index is 13.7. The van der Waals surface area contributed by atoms with Gasteiger partial charge in [0.15, 0.2) is 0 Å². The minimum atomic E-state index is -3.87. The van der Waals surface area contributed by atoms with E-state index in [0.717, 1.165) is 6.08 Å². The van der Waals surface area contributed by atoms with E-state index in [9.17, 15) is 17.6 Å². The molecule has 1 aromatic heterocycles. The van der Waals surface area contributed by atoms with E-state index >= 15 is 0 Å². The van der Waals surface area contributed by atoms with Gasteiger partial charge in [-0.3, -0.25) is 9.52 Å². The van der Waals surface area contributed by atoms with Crippen LogP contribution in [0.15, 0.2) is 59.5 Å². The van der Waals surface area contributed by atoms with E-state index in [1.807, 2.05) is 0 Å². The molecule has 0 aliphatic carbocycles. The molecule has 3 rings (SSSR count). The molecular formula is C21H18ClFN4O3S. The number of amides is 1. The Balaban J connectivity index is 1.69. The first-order valence-electron chi connectivity index (χ1n) is 9.02. The minimum absolute atomic E-state index is 0.00639. The highest BCUT2D eigenvalue weighted by Gasteiger charge is 2.15. The molecule has 0 radical (unpaired) electrons. The van der Waals surface area contributed by atoms with E-state index in [2.05, 4.69) is 20.0 Å². The van der Waals surface area contributed by atoms with Crippen molar-refractivity contribution in [2.24, 2.45) is 0 Å². The highest BCUT2D eigenvalue weighted by Crippen LogP contribution is 2.21. The van der Waals surface area contributed by atoms with Gasteiger partial charge in [0.05, 0.1) is 9.92 Å². The molecule has 0 bridgehead atoms. The number of carbonyl (C=O) groups is 1. The van der Waals surface area contributed by atoms with Gasteiger partial charge >= 0.3 is 0 Å². The van der Waals surface area contributed by atoms with Crippen LogP contribution < -0.4 is 10.0 Å². The second-order valence-electron chi connectivity index (χ2n) is 6.53. The number of halogens is 2. The first kappa shape index (κ1) is 22.4. The first-order valence-corrected chi connectivity index (χ1v) is 10.9. The Kier molecular flexibility index (Phi) is 6.67. The molecule has 1 heterocycles. The SMILES string of the molecule is Cc1cc(NS(=O)(=O)c2ccc(NC(=O)/C=C/c3c(F)cccc3Cl)cc2)nc(C)n1. The van der Waals surface area contributed by atoms with Gasteiger partial charge in [-0.2, -0.15) is 0 Å². The minimum Gasteiger partial charge on any atom is -0.323 e. The summed E-state index contributed by atoms with van der Waals surface area (Å²) in [5.41, 5.74) is 1.09. The molecule has 31 heavy (non-hydrogen) atoms. The van der Waals surface area contributed by atoms with Crippen LogP contribution in [0.4, 0.5) is 15.9 Å². The highest BCUT2D eigenvalue weighted by molar-refractivity contribution is 7.92. The average molecular weight is 461 g/mol. The zero-order valence-electron chi connectivity index (χ0n) is 16.6. The molecule has 10 heteroatoms. The van der Waals surface area contributed by atoms with Gasteiger partial charge in [-0.05, 0) is 56.3 Å². The predicted molar refractivity (Wildman–Crippen MR) is 118 cm³/mol. The number of hydrogen-bond acceptors (Lipinski definition) is 5. The molecule has 0 saturated carbocycles. The summed E-state index contributed by atoms with van der Waals surface area (Å²) in [6.07, 6.45) is 2.40. The molecule has 160 valence electrons. The van der Waals surface area contributed by atoms with Gasteiger partial charge in [0.25, 0.3) is 10.0 Å². The normalized spacial score (nSPS) is 11.5. The molecule has 0 aliphatic rings. The van der Waals surface area contributed by atoms with Crippen LogP contribution in [0, 0.1) is 19.7 Å². The molecule has 0 saturated heterocycles. The molecule has 1 amide bonds. The van der Waals surface area contributed by atoms with Crippen molar-refractivity contribution < 1.29 is 17.6 Å². The van der Waals surface area contributed by atoms with Gasteiger partial charge in [0, 0.05) is 29.1 Å². The molecule has 0 spiro atoms. The van der Waals surface area contributed by atoms with E-state index in [-0.39, 0.29) is 21.3 Å². The highest BCUT2D eigenvalue weighted by atomic mass is 35.5. The summed E-state index contributed by atoms with van der Waals surface area (Å²) < 4.78 is 41.3. The third-order valence-corrected chi connectivity index (χ3v) is 5.74. The lowest BCUT2D eigenvalue weighted by Crippen LogP contribution is -2.15. The van der Waals surface area contributed by atoms with Crippen molar-refractivity contribution in [3.63, 3.8) is 0 Å². The quantitative estimate of drug-likeness (QED) is 0.533. The van der Waals surface area contributed by atoms with Gasteiger partial charge in [-0.1, -0.05) is 17.7 Å². The van der Waals surface area contributed by atoms with E-state index in [4.69, 9.17) is 11.6 Å². The standard InChI is InChI=1S/C21H18ClFN4O3S/c1-13-12-20(25-14(2)24-13)27-31(29,30)16-8-6-15(7-9-16)26-21(28)11-10-17-18(22)4-3-5-19(17)23/h3-12H,1-2H3,(H,26,28)(H,24,25,27)/b11-10+. The van der Waals surface area contributed by atoms with Gasteiger partial charge in [-0.15, -0.1) is 0 Å². The fourth-order valence-electron chi connectivity index (χ4n) is 2.70. The number of aromatic nitrogens is 2. The van der Waals surface area contributed by atoms with Gasteiger partial charge in [0.2, 0.25) is 5.91 Å². The number of rotatable bonds is 6. The summed E-state index contributed by atoms with van der Waals surface area (Å²) in [6.45, 7) is 3.40. The molecule has 0 fully saturated rings. The lowest BCUT2D eigenvalue weighted by molar-refractivity contribution is -0.111. The number of sulfonamides is 1. The molecular weight excluding hydrogens is 443 g/mol. The summed E-state index contributed by atoms with van der Waals surface area (Å²) in [7, 11) is -3.87. The Hall–Kier alpha value is -3.30. The smallest absolute Gasteiger partial charge is 0.263 e. The van der Waals surface area contributed by atoms with Crippen LogP contribution in [-0.4, -0.2) is 24.3 Å². The summed E-state index contributed by atoms with van der Waals surface area (Å²) >= 11 is 5.91. The van der Waals surface area contributed by atoms with Crippen LogP contribution in [0.25, 0.3) is 6.08 Å². The van der Waals surface area contributed by atoms with Crippen LogP contribution >= 0.6 is 11.6 Å². The van der Waals surface area contributed by atoms with Gasteiger partial charge in [0.1, 0.15) is 17.5 Å². The second kappa shape index (κ2) is 9.23. The van der Waals surface area contributed by atoms with Crippen LogP contribution in [-0.2, 0) is 14.8 Å². The van der Waals surface area contributed by atoms with Crippen LogP contribution in [0.1, 0.15) is 17.1 Å². The van der Waals surface area contributed by atoms with Crippen LogP contribution in [0.3, 0.4) is 0 Å². The molecule has 3 aromatic rings. The largest absolute Gasteiger partial charge is 0.323 e. The van der Waals surface area contributed by atoms with E-state index in [1.54, 1.807) is 13.8 Å². The Morgan fingerprint density at radius 3 is 2.45 bits per heavy atom. The monoisotopic (exact) mass is 460 g/mol. The number of benzene rings is 2. The topological polar surface area (TPSA) is 101 Å². The zero-order chi connectivity index (χ0) is 22.6. The second-order valence-corrected chi connectivity index (χ2v) is 8.62. The summed E-state index contributed by atoms with van der Waals surface area (Å²) in [4.78, 5) is 20.2. The molecule has 7 nitrogen and oxygen atoms in total. The first-order chi connectivity index (χ1) is 14.6. The third kappa shape index (κ3) is 5.87. The number of aryl methyl sites for hydroxylation is 2.